The van der Waals surface area contributed by atoms with E-state index in [0.29, 0.717) is 25.0 Å². The Morgan fingerprint density at radius 1 is 1.35 bits per heavy atom. The van der Waals surface area contributed by atoms with E-state index in [1.54, 1.807) is 6.26 Å². The van der Waals surface area contributed by atoms with Crippen molar-refractivity contribution in [2.24, 2.45) is 0 Å². The van der Waals surface area contributed by atoms with Crippen molar-refractivity contribution in [1.29, 1.82) is 0 Å². The number of aromatic nitrogens is 2. The van der Waals surface area contributed by atoms with Crippen LogP contribution in [0.2, 0.25) is 0 Å². The summed E-state index contributed by atoms with van der Waals surface area (Å²) in [6.45, 7) is 8.18. The maximum absolute atomic E-state index is 5.73. The first kappa shape index (κ1) is 13.2. The van der Waals surface area contributed by atoms with Gasteiger partial charge in [-0.25, -0.2) is 0 Å². The predicted molar refractivity (Wildman–Crippen MR) is 72.6 cm³/mol. The SMILES string of the molecule is CC(C)(C)c1nc(N2CCOC(c3ccco3)C2)no1. The quantitative estimate of drug-likeness (QED) is 0.840. The van der Waals surface area contributed by atoms with Gasteiger partial charge in [0.1, 0.15) is 11.9 Å². The number of hydrogen-bond donors (Lipinski definition) is 0. The number of ether oxygens (including phenoxy) is 1. The Bertz CT molecular complexity index is 556. The van der Waals surface area contributed by atoms with Gasteiger partial charge in [-0.1, -0.05) is 20.8 Å². The third-order valence-electron chi connectivity index (χ3n) is 3.27. The Balaban J connectivity index is 1.75. The summed E-state index contributed by atoms with van der Waals surface area (Å²) in [4.78, 5) is 6.55. The van der Waals surface area contributed by atoms with Gasteiger partial charge in [0.05, 0.1) is 19.4 Å². The van der Waals surface area contributed by atoms with E-state index in [2.05, 4.69) is 35.8 Å². The lowest BCUT2D eigenvalue weighted by atomic mass is 9.97. The molecule has 0 saturated carbocycles. The van der Waals surface area contributed by atoms with E-state index in [1.165, 1.54) is 0 Å². The molecule has 6 heteroatoms. The van der Waals surface area contributed by atoms with Gasteiger partial charge in [0.25, 0.3) is 5.95 Å². The van der Waals surface area contributed by atoms with Gasteiger partial charge < -0.3 is 18.6 Å². The smallest absolute Gasteiger partial charge is 0.266 e. The van der Waals surface area contributed by atoms with Crippen LogP contribution in [0, 0.1) is 0 Å². The van der Waals surface area contributed by atoms with Gasteiger partial charge in [0.2, 0.25) is 5.89 Å². The normalized spacial score (nSPS) is 20.4. The molecule has 108 valence electrons. The molecule has 1 aliphatic rings. The summed E-state index contributed by atoms with van der Waals surface area (Å²) >= 11 is 0. The van der Waals surface area contributed by atoms with Gasteiger partial charge >= 0.3 is 0 Å². The van der Waals surface area contributed by atoms with Crippen LogP contribution in [-0.2, 0) is 10.2 Å². The highest BCUT2D eigenvalue weighted by molar-refractivity contribution is 5.30. The van der Waals surface area contributed by atoms with Crippen LogP contribution in [0.3, 0.4) is 0 Å². The molecule has 0 spiro atoms. The predicted octanol–water partition coefficient (Wildman–Crippen LogP) is 2.54. The first-order chi connectivity index (χ1) is 9.54. The molecule has 0 radical (unpaired) electrons. The van der Waals surface area contributed by atoms with Crippen LogP contribution in [0.1, 0.15) is 38.5 Å². The number of hydrogen-bond acceptors (Lipinski definition) is 6. The Hall–Kier alpha value is -1.82. The van der Waals surface area contributed by atoms with Crippen molar-refractivity contribution in [2.45, 2.75) is 32.3 Å². The molecular formula is C14H19N3O3. The second kappa shape index (κ2) is 4.94. The van der Waals surface area contributed by atoms with Crippen LogP contribution in [-0.4, -0.2) is 29.8 Å². The van der Waals surface area contributed by atoms with Crippen molar-refractivity contribution in [3.8, 4) is 0 Å². The molecule has 0 aromatic carbocycles. The molecule has 1 atom stereocenters. The molecule has 6 nitrogen and oxygen atoms in total. The molecule has 0 bridgehead atoms. The molecular weight excluding hydrogens is 258 g/mol. The molecule has 2 aromatic heterocycles. The van der Waals surface area contributed by atoms with Crippen LogP contribution in [0.4, 0.5) is 5.95 Å². The van der Waals surface area contributed by atoms with Gasteiger partial charge in [-0.3, -0.25) is 0 Å². The average Bonchev–Trinajstić information content (AvgIpc) is 3.10. The molecule has 3 rings (SSSR count). The molecule has 1 saturated heterocycles. The minimum atomic E-state index is -0.141. The van der Waals surface area contributed by atoms with Gasteiger partial charge in [-0.05, 0) is 17.3 Å². The van der Waals surface area contributed by atoms with Crippen LogP contribution < -0.4 is 4.90 Å². The fourth-order valence-corrected chi connectivity index (χ4v) is 2.13. The maximum Gasteiger partial charge on any atom is 0.266 e. The summed E-state index contributed by atoms with van der Waals surface area (Å²) in [5, 5.41) is 4.08. The lowest BCUT2D eigenvalue weighted by Crippen LogP contribution is -2.39. The first-order valence-electron chi connectivity index (χ1n) is 6.78. The Morgan fingerprint density at radius 3 is 2.85 bits per heavy atom. The van der Waals surface area contributed by atoms with Gasteiger partial charge in [0, 0.05) is 12.0 Å². The van der Waals surface area contributed by atoms with Gasteiger partial charge in [0.15, 0.2) is 0 Å². The highest BCUT2D eigenvalue weighted by Crippen LogP contribution is 2.27. The Morgan fingerprint density at radius 2 is 2.20 bits per heavy atom. The minimum Gasteiger partial charge on any atom is -0.467 e. The molecule has 20 heavy (non-hydrogen) atoms. The zero-order chi connectivity index (χ0) is 14.2. The van der Waals surface area contributed by atoms with Crippen molar-refractivity contribution >= 4 is 5.95 Å². The molecule has 0 aliphatic carbocycles. The number of anilines is 1. The largest absolute Gasteiger partial charge is 0.467 e. The number of nitrogens with zero attached hydrogens (tertiary/aromatic N) is 3. The zero-order valence-corrected chi connectivity index (χ0v) is 12.0. The summed E-state index contributed by atoms with van der Waals surface area (Å²) in [5.41, 5.74) is -0.141. The molecule has 1 aliphatic heterocycles. The first-order valence-corrected chi connectivity index (χ1v) is 6.78. The summed E-state index contributed by atoms with van der Waals surface area (Å²) in [7, 11) is 0. The third-order valence-corrected chi connectivity index (χ3v) is 3.27. The molecule has 0 amide bonds. The summed E-state index contributed by atoms with van der Waals surface area (Å²) in [6.07, 6.45) is 1.57. The topological polar surface area (TPSA) is 64.5 Å². The van der Waals surface area contributed by atoms with E-state index < -0.39 is 0 Å². The van der Waals surface area contributed by atoms with Crippen LogP contribution in [0.5, 0.6) is 0 Å². The standard InChI is InChI=1S/C14H19N3O3/c1-14(2,3)12-15-13(16-20-12)17-6-8-19-11(9-17)10-5-4-7-18-10/h4-5,7,11H,6,8-9H2,1-3H3. The second-order valence-corrected chi connectivity index (χ2v) is 5.97. The van der Waals surface area contributed by atoms with E-state index in [0.717, 1.165) is 12.3 Å². The third kappa shape index (κ3) is 2.56. The average molecular weight is 277 g/mol. The van der Waals surface area contributed by atoms with E-state index >= 15 is 0 Å². The zero-order valence-electron chi connectivity index (χ0n) is 12.0. The van der Waals surface area contributed by atoms with Crippen LogP contribution >= 0.6 is 0 Å². The summed E-state index contributed by atoms with van der Waals surface area (Å²) in [5.74, 6) is 2.09. The van der Waals surface area contributed by atoms with Gasteiger partial charge in [-0.2, -0.15) is 4.98 Å². The monoisotopic (exact) mass is 277 g/mol. The van der Waals surface area contributed by atoms with Crippen LogP contribution in [0.25, 0.3) is 0 Å². The number of morpholine rings is 1. The summed E-state index contributed by atoms with van der Waals surface area (Å²) in [6, 6.07) is 3.79. The van der Waals surface area contributed by atoms with E-state index in [1.807, 2.05) is 12.1 Å². The molecule has 1 fully saturated rings. The Labute approximate surface area is 117 Å². The summed E-state index contributed by atoms with van der Waals surface area (Å²) < 4.78 is 16.5. The minimum absolute atomic E-state index is 0.0877. The molecule has 0 N–H and O–H groups in total. The lowest BCUT2D eigenvalue weighted by Gasteiger charge is -2.30. The van der Waals surface area contributed by atoms with Crippen molar-refractivity contribution < 1.29 is 13.7 Å². The second-order valence-electron chi connectivity index (χ2n) is 5.97. The molecule has 3 heterocycles. The van der Waals surface area contributed by atoms with Crippen molar-refractivity contribution in [2.75, 3.05) is 24.6 Å². The lowest BCUT2D eigenvalue weighted by molar-refractivity contribution is 0.0251. The molecule has 1 unspecified atom stereocenters. The van der Waals surface area contributed by atoms with E-state index in [9.17, 15) is 0 Å². The fourth-order valence-electron chi connectivity index (χ4n) is 2.13. The molecule has 2 aromatic rings. The van der Waals surface area contributed by atoms with Crippen molar-refractivity contribution in [1.82, 2.24) is 10.1 Å². The number of furan rings is 1. The van der Waals surface area contributed by atoms with Crippen molar-refractivity contribution in [3.63, 3.8) is 0 Å². The Kier molecular flexibility index (Phi) is 3.25. The van der Waals surface area contributed by atoms with E-state index in [4.69, 9.17) is 13.7 Å². The highest BCUT2D eigenvalue weighted by atomic mass is 16.5. The fraction of sp³-hybridized carbons (Fsp3) is 0.571. The maximum atomic E-state index is 5.73. The van der Waals surface area contributed by atoms with E-state index in [-0.39, 0.29) is 11.5 Å². The van der Waals surface area contributed by atoms with Crippen LogP contribution in [0.15, 0.2) is 27.3 Å². The highest BCUT2D eigenvalue weighted by Gasteiger charge is 2.28. The van der Waals surface area contributed by atoms with Crippen molar-refractivity contribution in [3.05, 3.63) is 30.0 Å². The van der Waals surface area contributed by atoms with Gasteiger partial charge in [-0.15, -0.1) is 0 Å². The number of rotatable bonds is 2.